The van der Waals surface area contributed by atoms with Crippen LogP contribution in [0, 0.1) is 16.0 Å². The molecule has 62 heavy (non-hydrogen) atoms. The van der Waals surface area contributed by atoms with Crippen molar-refractivity contribution in [1.29, 1.82) is 0 Å². The number of aliphatic hydroxyl groups excluding tert-OH is 1. The molecule has 0 bridgehead atoms. The summed E-state index contributed by atoms with van der Waals surface area (Å²) in [5, 5.41) is 26.8. The predicted molar refractivity (Wildman–Crippen MR) is 237 cm³/mol. The Bertz CT molecular complexity index is 2510. The molecule has 14 heteroatoms. The number of nitro groups is 1. The van der Waals surface area contributed by atoms with Crippen molar-refractivity contribution in [2.75, 3.05) is 31.0 Å². The van der Waals surface area contributed by atoms with E-state index in [2.05, 4.69) is 18.4 Å². The van der Waals surface area contributed by atoms with Gasteiger partial charge in [0, 0.05) is 41.4 Å². The first-order valence-corrected chi connectivity index (χ1v) is 23.8. The molecule has 5 atom stereocenters. The van der Waals surface area contributed by atoms with Gasteiger partial charge in [-0.15, -0.1) is 0 Å². The molecular weight excluding hydrogens is 805 g/mol. The lowest BCUT2D eigenvalue weighted by Crippen LogP contribution is -2.52. The van der Waals surface area contributed by atoms with E-state index in [4.69, 9.17) is 14.2 Å². The van der Waals surface area contributed by atoms with Gasteiger partial charge in [-0.2, -0.15) is 0 Å². The lowest BCUT2D eigenvalue weighted by atomic mass is 9.82. The van der Waals surface area contributed by atoms with Gasteiger partial charge < -0.3 is 34.4 Å². The first-order valence-electron chi connectivity index (χ1n) is 20.7. The smallest absolute Gasteiger partial charge is 0.269 e. The van der Waals surface area contributed by atoms with Crippen LogP contribution in [0.3, 0.4) is 0 Å². The van der Waals surface area contributed by atoms with E-state index in [0.29, 0.717) is 47.0 Å². The topological polar surface area (TPSA) is 161 Å². The highest BCUT2D eigenvalue weighted by Gasteiger charge is 2.67. The van der Waals surface area contributed by atoms with Crippen LogP contribution < -0.4 is 24.9 Å². The minimum absolute atomic E-state index is 0.0523. The van der Waals surface area contributed by atoms with Crippen LogP contribution in [0.15, 0.2) is 115 Å². The first kappa shape index (κ1) is 42.3. The minimum Gasteiger partial charge on any atom is -0.497 e. The van der Waals surface area contributed by atoms with E-state index in [9.17, 15) is 24.8 Å². The predicted octanol–water partition coefficient (Wildman–Crippen LogP) is 6.96. The van der Waals surface area contributed by atoms with Gasteiger partial charge in [-0.05, 0) is 83.2 Å². The highest BCUT2D eigenvalue weighted by atomic mass is 28.3. The van der Waals surface area contributed by atoms with Gasteiger partial charge in [-0.25, -0.2) is 0 Å². The fourth-order valence-corrected chi connectivity index (χ4v) is 13.9. The Balaban J connectivity index is 1.14. The van der Waals surface area contributed by atoms with Crippen LogP contribution in [0.5, 0.6) is 11.5 Å². The SMILES string of the molecule is COc1ccc(C(=O)Nc2ccc(CN3C(=O)[C@@]4(O[C@@H](CC(=O)N5Cc6ccccc6C[C@H]5CO)[C@H]([Si](C)(C)c5ccc(OC)cc5)[C@H]4C)c4cc([N+](=O)[O-])ccc43)cc2)cc1. The summed E-state index contributed by atoms with van der Waals surface area (Å²) in [6.45, 7) is 6.65. The van der Waals surface area contributed by atoms with Gasteiger partial charge in [0.05, 0.1) is 64.6 Å². The standard InChI is InChI=1S/C48H50N4O9Si/c1-30-45(62(4,5)40-21-19-39(60-3)20-22-40)43(26-44(54)50-28-34-9-7-6-8-33(34)24-37(50)29-53)61-48(30)41-25-36(52(57)58)16-23-42(41)51(47(48)56)27-31-10-14-35(15-11-31)49-46(55)32-12-17-38(59-2)18-13-32/h6-23,25,30,37,43,45,53H,24,26-29H2,1-5H3,(H,49,55)/t30-,37+,43+,45-,48+/m1/s1. The summed E-state index contributed by atoms with van der Waals surface area (Å²) >= 11 is 0. The molecule has 3 heterocycles. The lowest BCUT2D eigenvalue weighted by molar-refractivity contribution is -0.385. The number of ether oxygens (including phenoxy) is 3. The second-order valence-electron chi connectivity index (χ2n) is 16.9. The average molecular weight is 855 g/mol. The Morgan fingerprint density at radius 2 is 1.56 bits per heavy atom. The first-order chi connectivity index (χ1) is 29.8. The number of hydrogen-bond acceptors (Lipinski definition) is 9. The molecule has 320 valence electrons. The quantitative estimate of drug-likeness (QED) is 0.0768. The molecular formula is C48H50N4O9Si. The molecule has 1 fully saturated rings. The van der Waals surface area contributed by atoms with Crippen molar-refractivity contribution < 1.29 is 38.6 Å². The average Bonchev–Trinajstić information content (AvgIpc) is 3.71. The summed E-state index contributed by atoms with van der Waals surface area (Å²) < 4.78 is 17.9. The summed E-state index contributed by atoms with van der Waals surface area (Å²) in [5.74, 6) is -0.0295. The molecule has 13 nitrogen and oxygen atoms in total. The number of aliphatic hydroxyl groups is 1. The number of hydrogen-bond donors (Lipinski definition) is 2. The number of carbonyl (C=O) groups excluding carboxylic acids is 3. The van der Waals surface area contributed by atoms with Gasteiger partial charge in [-0.1, -0.05) is 73.7 Å². The van der Waals surface area contributed by atoms with Gasteiger partial charge in [0.1, 0.15) is 11.5 Å². The van der Waals surface area contributed by atoms with E-state index >= 15 is 4.79 Å². The number of nitrogens with one attached hydrogen (secondary N) is 1. The number of carbonyl (C=O) groups is 3. The van der Waals surface area contributed by atoms with Crippen molar-refractivity contribution in [1.82, 2.24) is 4.90 Å². The molecule has 0 radical (unpaired) electrons. The molecule has 5 aromatic rings. The fraction of sp³-hybridized carbons (Fsp3) is 0.312. The number of nitro benzene ring substituents is 1. The molecule has 3 aliphatic heterocycles. The normalized spacial score (nSPS) is 21.7. The molecule has 1 spiro atoms. The molecule has 1 saturated heterocycles. The maximum atomic E-state index is 15.4. The van der Waals surface area contributed by atoms with Crippen molar-refractivity contribution >= 4 is 48.0 Å². The fourth-order valence-electron chi connectivity index (χ4n) is 9.93. The van der Waals surface area contributed by atoms with E-state index in [1.54, 1.807) is 66.5 Å². The zero-order valence-electron chi connectivity index (χ0n) is 35.4. The van der Waals surface area contributed by atoms with Crippen molar-refractivity contribution in [3.05, 3.63) is 153 Å². The number of methoxy groups -OCH3 is 2. The number of fused-ring (bicyclic) bond motifs is 3. The van der Waals surface area contributed by atoms with Crippen LogP contribution in [-0.2, 0) is 39.4 Å². The third-order valence-electron chi connectivity index (χ3n) is 13.2. The van der Waals surface area contributed by atoms with Crippen molar-refractivity contribution in [3.8, 4) is 11.5 Å². The zero-order valence-corrected chi connectivity index (χ0v) is 36.4. The summed E-state index contributed by atoms with van der Waals surface area (Å²) in [7, 11) is 0.489. The third-order valence-corrected chi connectivity index (χ3v) is 17.6. The molecule has 3 amide bonds. The maximum absolute atomic E-state index is 15.4. The van der Waals surface area contributed by atoms with E-state index in [1.165, 1.54) is 12.1 Å². The Morgan fingerprint density at radius 3 is 2.19 bits per heavy atom. The monoisotopic (exact) mass is 854 g/mol. The van der Waals surface area contributed by atoms with Crippen LogP contribution in [0.4, 0.5) is 17.1 Å². The number of non-ortho nitro benzene ring substituents is 1. The Morgan fingerprint density at radius 1 is 0.919 bits per heavy atom. The molecule has 8 rings (SSSR count). The van der Waals surface area contributed by atoms with E-state index in [0.717, 1.165) is 21.9 Å². The van der Waals surface area contributed by atoms with Crippen LogP contribution in [-0.4, -0.2) is 73.7 Å². The molecule has 0 aromatic heterocycles. The van der Waals surface area contributed by atoms with E-state index in [-0.39, 0.29) is 48.5 Å². The van der Waals surface area contributed by atoms with Crippen molar-refractivity contribution in [2.24, 2.45) is 5.92 Å². The summed E-state index contributed by atoms with van der Waals surface area (Å²) in [4.78, 5) is 58.2. The molecule has 0 aliphatic carbocycles. The lowest BCUT2D eigenvalue weighted by Gasteiger charge is -2.39. The van der Waals surface area contributed by atoms with Crippen LogP contribution >= 0.6 is 0 Å². The van der Waals surface area contributed by atoms with Gasteiger partial charge in [0.15, 0.2) is 5.60 Å². The van der Waals surface area contributed by atoms with Crippen molar-refractivity contribution in [2.45, 2.75) is 69.2 Å². The van der Waals surface area contributed by atoms with E-state index in [1.807, 2.05) is 67.6 Å². The highest BCUT2D eigenvalue weighted by Crippen LogP contribution is 2.60. The Hall–Kier alpha value is -6.35. The third kappa shape index (κ3) is 7.52. The highest BCUT2D eigenvalue weighted by molar-refractivity contribution is 6.91. The Labute approximate surface area is 361 Å². The molecule has 0 saturated carbocycles. The van der Waals surface area contributed by atoms with Crippen molar-refractivity contribution in [3.63, 3.8) is 0 Å². The maximum Gasteiger partial charge on any atom is 0.269 e. The number of nitrogens with zero attached hydrogens (tertiary/aromatic N) is 3. The second kappa shape index (κ2) is 16.8. The molecule has 3 aliphatic rings. The Kier molecular flexibility index (Phi) is 11.5. The number of rotatable bonds is 12. The largest absolute Gasteiger partial charge is 0.497 e. The zero-order chi connectivity index (χ0) is 43.9. The van der Waals surface area contributed by atoms with Gasteiger partial charge in [-0.3, -0.25) is 24.5 Å². The molecule has 0 unspecified atom stereocenters. The van der Waals surface area contributed by atoms with Gasteiger partial charge in [0.25, 0.3) is 17.5 Å². The van der Waals surface area contributed by atoms with Crippen LogP contribution in [0.1, 0.15) is 46.0 Å². The number of amides is 3. The van der Waals surface area contributed by atoms with Crippen LogP contribution in [0.25, 0.3) is 0 Å². The summed E-state index contributed by atoms with van der Waals surface area (Å²) in [6.07, 6.45) is -0.286. The van der Waals surface area contributed by atoms with Gasteiger partial charge in [0.2, 0.25) is 5.91 Å². The number of anilines is 2. The van der Waals surface area contributed by atoms with Crippen LogP contribution in [0.2, 0.25) is 18.6 Å². The number of benzene rings is 5. The summed E-state index contributed by atoms with van der Waals surface area (Å²) in [5.41, 5.74) is 2.64. The molecule has 5 aromatic carbocycles. The van der Waals surface area contributed by atoms with E-state index < -0.39 is 36.7 Å². The summed E-state index contributed by atoms with van der Waals surface area (Å²) in [6, 6.07) is 33.8. The van der Waals surface area contributed by atoms with Gasteiger partial charge >= 0.3 is 0 Å². The minimum atomic E-state index is -2.68. The second-order valence-corrected chi connectivity index (χ2v) is 21.6. The molecule has 2 N–H and O–H groups in total.